The molecule has 1 fully saturated rings. The molecule has 0 spiro atoms. The number of imidazole rings is 1. The van der Waals surface area contributed by atoms with Gasteiger partial charge in [0, 0.05) is 19.8 Å². The number of hydroxylamine groups is 2. The van der Waals surface area contributed by atoms with Crippen LogP contribution in [0.4, 0.5) is 0 Å². The molecule has 9 heteroatoms. The largest absolute Gasteiger partial charge is 0.381 e. The number of nitrogens with zero attached hydrogens (tertiary/aromatic N) is 3. The molecule has 1 aliphatic rings. The minimum Gasteiger partial charge on any atom is -0.381 e. The van der Waals surface area contributed by atoms with Crippen molar-refractivity contribution in [2.24, 2.45) is 0 Å². The average molecular weight is 444 g/mol. The molecule has 2 aromatic carbocycles. The van der Waals surface area contributed by atoms with Gasteiger partial charge in [0.25, 0.3) is 0 Å². The van der Waals surface area contributed by atoms with Gasteiger partial charge in [-0.3, -0.25) is 10.0 Å². The molecule has 8 nitrogen and oxygen atoms in total. The second-order valence-corrected chi connectivity index (χ2v) is 10.2. The first kappa shape index (κ1) is 21.5. The van der Waals surface area contributed by atoms with Gasteiger partial charge in [-0.15, -0.1) is 0 Å². The molecule has 0 bridgehead atoms. The monoisotopic (exact) mass is 443 g/mol. The van der Waals surface area contributed by atoms with Gasteiger partial charge in [-0.2, -0.15) is 0 Å². The van der Waals surface area contributed by atoms with Crippen molar-refractivity contribution < 1.29 is 23.2 Å². The Morgan fingerprint density at radius 3 is 2.52 bits per heavy atom. The van der Waals surface area contributed by atoms with Crippen LogP contribution in [0.5, 0.6) is 0 Å². The molecule has 1 aliphatic heterocycles. The van der Waals surface area contributed by atoms with Gasteiger partial charge in [-0.1, -0.05) is 24.3 Å². The number of fused-ring (bicyclic) bond motifs is 1. The maximum absolute atomic E-state index is 13.5. The van der Waals surface area contributed by atoms with Crippen molar-refractivity contribution in [3.05, 3.63) is 59.9 Å². The second kappa shape index (κ2) is 8.41. The highest BCUT2D eigenvalue weighted by Gasteiger charge is 2.47. The van der Waals surface area contributed by atoms with E-state index in [1.54, 1.807) is 24.3 Å². The van der Waals surface area contributed by atoms with Crippen molar-refractivity contribution >= 4 is 27.3 Å². The van der Waals surface area contributed by atoms with Crippen molar-refractivity contribution in [1.29, 1.82) is 0 Å². The fourth-order valence-electron chi connectivity index (χ4n) is 4.19. The first-order valence-electron chi connectivity index (χ1n) is 10.1. The first-order valence-corrected chi connectivity index (χ1v) is 11.6. The number of carbonyl (C=O) groups is 1. The number of para-hydroxylation sites is 2. The fourth-order valence-corrected chi connectivity index (χ4v) is 6.19. The molecule has 0 saturated carbocycles. The van der Waals surface area contributed by atoms with Gasteiger partial charge in [0.15, 0.2) is 9.84 Å². The molecular weight excluding hydrogens is 418 g/mol. The normalized spacial score (nSPS) is 16.3. The second-order valence-electron chi connectivity index (χ2n) is 7.88. The molecule has 0 radical (unpaired) electrons. The van der Waals surface area contributed by atoms with E-state index in [-0.39, 0.29) is 43.9 Å². The summed E-state index contributed by atoms with van der Waals surface area (Å²) in [5, 5.41) is 10.1. The standard InChI is InChI=1S/C22H25N3O5S/c1-17-23-20-4-2-3-5-21(20)25(17)14-18-6-8-19(9-7-18)31(28,29)22(15-24(27)16-26)10-12-30-13-11-22/h2-9,16,27H,10-15H2,1H3. The van der Waals surface area contributed by atoms with Gasteiger partial charge in [-0.25, -0.2) is 18.5 Å². The number of aryl methyl sites for hydroxylation is 1. The molecule has 1 N–H and O–H groups in total. The SMILES string of the molecule is Cc1nc2ccccc2n1Cc1ccc(S(=O)(=O)C2(CN(O)C=O)CCOCC2)cc1. The summed E-state index contributed by atoms with van der Waals surface area (Å²) in [5.74, 6) is 0.885. The zero-order valence-electron chi connectivity index (χ0n) is 17.3. The Kier molecular flexibility index (Phi) is 5.83. The lowest BCUT2D eigenvalue weighted by Crippen LogP contribution is -2.51. The average Bonchev–Trinajstić information content (AvgIpc) is 3.09. The van der Waals surface area contributed by atoms with Crippen molar-refractivity contribution in [2.45, 2.75) is 36.0 Å². The summed E-state index contributed by atoms with van der Waals surface area (Å²) in [6.45, 7) is 2.75. The summed E-state index contributed by atoms with van der Waals surface area (Å²) in [6.07, 6.45) is 0.651. The highest BCUT2D eigenvalue weighted by atomic mass is 32.2. The highest BCUT2D eigenvalue weighted by Crippen LogP contribution is 2.35. The molecule has 0 atom stereocenters. The predicted octanol–water partition coefficient (Wildman–Crippen LogP) is 2.56. The minimum absolute atomic E-state index is 0.171. The molecule has 1 aromatic heterocycles. The van der Waals surface area contributed by atoms with Gasteiger partial charge >= 0.3 is 0 Å². The molecule has 0 unspecified atom stereocenters. The third kappa shape index (κ3) is 3.96. The number of aromatic nitrogens is 2. The number of sulfone groups is 1. The van der Waals surface area contributed by atoms with E-state index in [1.165, 1.54) is 0 Å². The molecular formula is C22H25N3O5S. The summed E-state index contributed by atoms with van der Waals surface area (Å²) in [7, 11) is -3.81. The van der Waals surface area contributed by atoms with E-state index in [4.69, 9.17) is 4.74 Å². The van der Waals surface area contributed by atoms with Crippen LogP contribution in [0.15, 0.2) is 53.4 Å². The van der Waals surface area contributed by atoms with Gasteiger partial charge in [-0.05, 0) is 49.6 Å². The summed E-state index contributed by atoms with van der Waals surface area (Å²) in [4.78, 5) is 15.7. The Bertz CT molecular complexity index is 1180. The van der Waals surface area contributed by atoms with Crippen molar-refractivity contribution in [3.8, 4) is 0 Å². The zero-order valence-corrected chi connectivity index (χ0v) is 18.1. The third-order valence-corrected chi connectivity index (χ3v) is 8.54. The fraction of sp³-hybridized carbons (Fsp3) is 0.364. The van der Waals surface area contributed by atoms with Crippen LogP contribution in [-0.4, -0.2) is 59.2 Å². The van der Waals surface area contributed by atoms with Crippen LogP contribution in [0.3, 0.4) is 0 Å². The summed E-state index contributed by atoms with van der Waals surface area (Å²) in [5.41, 5.74) is 2.89. The van der Waals surface area contributed by atoms with Crippen LogP contribution >= 0.6 is 0 Å². The lowest BCUT2D eigenvalue weighted by atomic mass is 9.99. The van der Waals surface area contributed by atoms with Crippen molar-refractivity contribution in [2.75, 3.05) is 19.8 Å². The Labute approximate surface area is 180 Å². The number of amides is 1. The molecule has 2 heterocycles. The highest BCUT2D eigenvalue weighted by molar-refractivity contribution is 7.92. The Balaban J connectivity index is 1.63. The Morgan fingerprint density at radius 1 is 1.16 bits per heavy atom. The van der Waals surface area contributed by atoms with E-state index >= 15 is 0 Å². The third-order valence-electron chi connectivity index (χ3n) is 5.97. The van der Waals surface area contributed by atoms with Gasteiger partial charge < -0.3 is 9.30 Å². The molecule has 0 aliphatic carbocycles. The molecule has 4 rings (SSSR count). The summed E-state index contributed by atoms with van der Waals surface area (Å²) < 4.78 is 33.1. The quantitative estimate of drug-likeness (QED) is 0.342. The number of ether oxygens (including phenoxy) is 1. The van der Waals surface area contributed by atoms with Crippen LogP contribution in [-0.2, 0) is 25.9 Å². The van der Waals surface area contributed by atoms with E-state index in [1.807, 2.05) is 31.2 Å². The number of hydrogen-bond acceptors (Lipinski definition) is 6. The lowest BCUT2D eigenvalue weighted by Gasteiger charge is -2.37. The lowest BCUT2D eigenvalue weighted by molar-refractivity contribution is -0.152. The van der Waals surface area contributed by atoms with Crippen LogP contribution in [0.2, 0.25) is 0 Å². The topological polar surface area (TPSA) is 102 Å². The number of rotatable bonds is 7. The van der Waals surface area contributed by atoms with Crippen molar-refractivity contribution in [1.82, 2.24) is 14.6 Å². The van der Waals surface area contributed by atoms with Crippen LogP contribution in [0, 0.1) is 6.92 Å². The van der Waals surface area contributed by atoms with Gasteiger partial charge in [0.05, 0.1) is 22.5 Å². The summed E-state index contributed by atoms with van der Waals surface area (Å²) in [6, 6.07) is 14.7. The van der Waals surface area contributed by atoms with Crippen molar-refractivity contribution in [3.63, 3.8) is 0 Å². The van der Waals surface area contributed by atoms with Gasteiger partial charge in [0.2, 0.25) is 6.41 Å². The zero-order chi connectivity index (χ0) is 22.1. The summed E-state index contributed by atoms with van der Waals surface area (Å²) >= 11 is 0. The predicted molar refractivity (Wildman–Crippen MR) is 115 cm³/mol. The maximum atomic E-state index is 13.5. The molecule has 1 amide bonds. The van der Waals surface area contributed by atoms with E-state index in [9.17, 15) is 18.4 Å². The van der Waals surface area contributed by atoms with Crippen LogP contribution in [0.25, 0.3) is 11.0 Å². The van der Waals surface area contributed by atoms with Crippen LogP contribution in [0.1, 0.15) is 24.2 Å². The first-order chi connectivity index (χ1) is 14.9. The van der Waals surface area contributed by atoms with Gasteiger partial charge in [0.1, 0.15) is 10.6 Å². The van der Waals surface area contributed by atoms with Crippen LogP contribution < -0.4 is 0 Å². The number of benzene rings is 2. The van der Waals surface area contributed by atoms with E-state index in [0.717, 1.165) is 22.4 Å². The Morgan fingerprint density at radius 2 is 1.84 bits per heavy atom. The molecule has 31 heavy (non-hydrogen) atoms. The Hall–Kier alpha value is -2.75. The molecule has 1 saturated heterocycles. The maximum Gasteiger partial charge on any atom is 0.233 e. The van der Waals surface area contributed by atoms with E-state index in [2.05, 4.69) is 9.55 Å². The smallest absolute Gasteiger partial charge is 0.233 e. The minimum atomic E-state index is -3.81. The van der Waals surface area contributed by atoms with E-state index in [0.29, 0.717) is 11.6 Å². The number of hydrogen-bond donors (Lipinski definition) is 1. The molecule has 164 valence electrons. The number of carbonyl (C=O) groups excluding carboxylic acids is 1. The molecule has 3 aromatic rings. The van der Waals surface area contributed by atoms with E-state index < -0.39 is 14.6 Å².